The Labute approximate surface area is 145 Å². The Morgan fingerprint density at radius 1 is 1.00 bits per heavy atom. The Morgan fingerprint density at radius 3 is 2.12 bits per heavy atom. The third-order valence-corrected chi connectivity index (χ3v) is 6.28. The van der Waals surface area contributed by atoms with Gasteiger partial charge in [-0.05, 0) is 28.3 Å². The molecule has 1 aliphatic rings. The largest absolute Gasteiger partial charge is 0.451 e. The molecule has 0 saturated heterocycles. The predicted molar refractivity (Wildman–Crippen MR) is 92.1 cm³/mol. The van der Waals surface area contributed by atoms with Gasteiger partial charge in [-0.15, -0.1) is 0 Å². The van der Waals surface area contributed by atoms with Crippen LogP contribution < -0.4 is 0 Å². The highest BCUT2D eigenvalue weighted by molar-refractivity contribution is 7.89. The Kier molecular flexibility index (Phi) is 3.49. The molecule has 1 aromatic heterocycles. The van der Waals surface area contributed by atoms with Crippen LogP contribution in [0.25, 0.3) is 11.1 Å². The molecule has 0 N–H and O–H groups in total. The Hall–Kier alpha value is -2.88. The standard InChI is InChI=1S/C19H14N2O3S/c1-21(25(22,23)19-13(12-20)10-11-24-19)18-16-8-4-2-6-14(16)15-7-3-5-9-17(15)18/h2-11,18H,1H3. The van der Waals surface area contributed by atoms with Crippen LogP contribution in [0.3, 0.4) is 0 Å². The fourth-order valence-electron chi connectivity index (χ4n) is 3.37. The number of rotatable bonds is 3. The average molecular weight is 350 g/mol. The first-order valence-electron chi connectivity index (χ1n) is 7.69. The van der Waals surface area contributed by atoms with Gasteiger partial charge in [-0.3, -0.25) is 0 Å². The second-order valence-corrected chi connectivity index (χ2v) is 7.73. The second-order valence-electron chi connectivity index (χ2n) is 5.83. The van der Waals surface area contributed by atoms with E-state index in [-0.39, 0.29) is 10.7 Å². The van der Waals surface area contributed by atoms with E-state index in [2.05, 4.69) is 0 Å². The molecule has 1 heterocycles. The summed E-state index contributed by atoms with van der Waals surface area (Å²) in [6.07, 6.45) is 1.22. The number of sulfonamides is 1. The van der Waals surface area contributed by atoms with Crippen molar-refractivity contribution in [2.45, 2.75) is 11.1 Å². The van der Waals surface area contributed by atoms with Gasteiger partial charge in [-0.25, -0.2) is 8.42 Å². The van der Waals surface area contributed by atoms with Crippen molar-refractivity contribution in [2.75, 3.05) is 7.05 Å². The zero-order valence-corrected chi connectivity index (χ0v) is 14.2. The molecule has 0 amide bonds. The molecule has 4 rings (SSSR count). The molecule has 25 heavy (non-hydrogen) atoms. The number of furan rings is 1. The van der Waals surface area contributed by atoms with E-state index < -0.39 is 16.1 Å². The van der Waals surface area contributed by atoms with E-state index in [4.69, 9.17) is 9.68 Å². The van der Waals surface area contributed by atoms with E-state index in [1.54, 1.807) is 0 Å². The summed E-state index contributed by atoms with van der Waals surface area (Å²) in [5.74, 6) is 0. The molecule has 0 atom stereocenters. The van der Waals surface area contributed by atoms with Crippen molar-refractivity contribution >= 4 is 10.0 Å². The summed E-state index contributed by atoms with van der Waals surface area (Å²) in [6, 6.07) is 18.3. The highest BCUT2D eigenvalue weighted by Crippen LogP contribution is 2.47. The molecule has 0 spiro atoms. The van der Waals surface area contributed by atoms with Gasteiger partial charge in [-0.1, -0.05) is 48.5 Å². The van der Waals surface area contributed by atoms with Gasteiger partial charge in [0.15, 0.2) is 0 Å². The normalized spacial score (nSPS) is 13.5. The summed E-state index contributed by atoms with van der Waals surface area (Å²) in [5.41, 5.74) is 3.88. The van der Waals surface area contributed by atoms with Gasteiger partial charge in [0.05, 0.1) is 12.3 Å². The van der Waals surface area contributed by atoms with Crippen LogP contribution in [-0.4, -0.2) is 19.8 Å². The highest BCUT2D eigenvalue weighted by atomic mass is 32.2. The van der Waals surface area contributed by atoms with Crippen molar-refractivity contribution in [3.05, 3.63) is 77.6 Å². The zero-order chi connectivity index (χ0) is 17.6. The lowest BCUT2D eigenvalue weighted by molar-refractivity contribution is 0.384. The lowest BCUT2D eigenvalue weighted by Gasteiger charge is -2.25. The molecule has 2 aromatic carbocycles. The summed E-state index contributed by atoms with van der Waals surface area (Å²) in [5, 5.41) is 8.82. The molecule has 0 aliphatic heterocycles. The maximum absolute atomic E-state index is 13.1. The van der Waals surface area contributed by atoms with Gasteiger partial charge >= 0.3 is 0 Å². The molecule has 0 bridgehead atoms. The van der Waals surface area contributed by atoms with Crippen LogP contribution in [0.15, 0.2) is 70.4 Å². The van der Waals surface area contributed by atoms with Crippen LogP contribution in [-0.2, 0) is 10.0 Å². The molecule has 0 saturated carbocycles. The van der Waals surface area contributed by atoms with Gasteiger partial charge in [0.25, 0.3) is 15.1 Å². The number of benzene rings is 2. The third-order valence-electron chi connectivity index (χ3n) is 4.53. The minimum absolute atomic E-state index is 0.00594. The second kappa shape index (κ2) is 5.59. The molecule has 0 fully saturated rings. The fourth-order valence-corrected chi connectivity index (χ4v) is 4.70. The minimum atomic E-state index is -3.96. The summed E-state index contributed by atoms with van der Waals surface area (Å²) in [7, 11) is -2.45. The Bertz CT molecular complexity index is 1060. The van der Waals surface area contributed by atoms with Crippen molar-refractivity contribution < 1.29 is 12.8 Å². The van der Waals surface area contributed by atoms with Gasteiger partial charge in [-0.2, -0.15) is 9.57 Å². The van der Waals surface area contributed by atoms with E-state index in [0.717, 1.165) is 22.3 Å². The molecular formula is C19H14N2O3S. The van der Waals surface area contributed by atoms with E-state index in [1.807, 2.05) is 54.6 Å². The average Bonchev–Trinajstić information content (AvgIpc) is 3.24. The van der Waals surface area contributed by atoms with Crippen LogP contribution >= 0.6 is 0 Å². The van der Waals surface area contributed by atoms with Gasteiger partial charge in [0.1, 0.15) is 11.6 Å². The van der Waals surface area contributed by atoms with Crippen molar-refractivity contribution in [3.63, 3.8) is 0 Å². The topological polar surface area (TPSA) is 74.3 Å². The van der Waals surface area contributed by atoms with E-state index in [9.17, 15) is 8.42 Å². The van der Waals surface area contributed by atoms with Crippen molar-refractivity contribution in [2.24, 2.45) is 0 Å². The number of fused-ring (bicyclic) bond motifs is 3. The molecule has 0 radical (unpaired) electrons. The van der Waals surface area contributed by atoms with Crippen LogP contribution in [0.2, 0.25) is 0 Å². The first-order chi connectivity index (χ1) is 12.1. The SMILES string of the molecule is CN(C1c2ccccc2-c2ccccc21)S(=O)(=O)c1occc1C#N. The predicted octanol–water partition coefficient (Wildman–Crippen LogP) is 3.54. The smallest absolute Gasteiger partial charge is 0.278 e. The van der Waals surface area contributed by atoms with Crippen LogP contribution in [0.1, 0.15) is 22.7 Å². The molecule has 3 aromatic rings. The maximum atomic E-state index is 13.1. The lowest BCUT2D eigenvalue weighted by atomic mass is 10.1. The number of hydrogen-bond acceptors (Lipinski definition) is 4. The number of nitriles is 1. The lowest BCUT2D eigenvalue weighted by Crippen LogP contribution is -2.31. The van der Waals surface area contributed by atoms with Crippen LogP contribution in [0.5, 0.6) is 0 Å². The maximum Gasteiger partial charge on any atom is 0.278 e. The summed E-state index contributed by atoms with van der Waals surface area (Å²) in [6.45, 7) is 0. The molecule has 5 nitrogen and oxygen atoms in total. The quantitative estimate of drug-likeness (QED) is 0.724. The van der Waals surface area contributed by atoms with Crippen LogP contribution in [0.4, 0.5) is 0 Å². The monoisotopic (exact) mass is 350 g/mol. The molecule has 1 aliphatic carbocycles. The number of hydrogen-bond donors (Lipinski definition) is 0. The van der Waals surface area contributed by atoms with Crippen molar-refractivity contribution in [1.82, 2.24) is 4.31 Å². The Balaban J connectivity index is 1.89. The van der Waals surface area contributed by atoms with Gasteiger partial charge in [0.2, 0.25) is 0 Å². The van der Waals surface area contributed by atoms with Crippen molar-refractivity contribution in [3.8, 4) is 17.2 Å². The first kappa shape index (κ1) is 15.6. The first-order valence-corrected chi connectivity index (χ1v) is 9.13. The van der Waals surface area contributed by atoms with Crippen molar-refractivity contribution in [1.29, 1.82) is 5.26 Å². The van der Waals surface area contributed by atoms with E-state index in [0.29, 0.717) is 0 Å². The van der Waals surface area contributed by atoms with E-state index in [1.165, 1.54) is 23.7 Å². The Morgan fingerprint density at radius 2 is 1.56 bits per heavy atom. The van der Waals surface area contributed by atoms with Crippen LogP contribution in [0, 0.1) is 11.3 Å². The molecule has 0 unspecified atom stereocenters. The molecule has 124 valence electrons. The summed E-state index contributed by atoms with van der Waals surface area (Å²) >= 11 is 0. The van der Waals surface area contributed by atoms with Gasteiger partial charge in [0, 0.05) is 7.05 Å². The minimum Gasteiger partial charge on any atom is -0.451 e. The highest BCUT2D eigenvalue weighted by Gasteiger charge is 2.39. The van der Waals surface area contributed by atoms with Gasteiger partial charge < -0.3 is 4.42 Å². The molecule has 6 heteroatoms. The molecular weight excluding hydrogens is 336 g/mol. The fraction of sp³-hybridized carbons (Fsp3) is 0.105. The third kappa shape index (κ3) is 2.21. The zero-order valence-electron chi connectivity index (χ0n) is 13.4. The number of nitrogens with zero attached hydrogens (tertiary/aromatic N) is 2. The summed E-state index contributed by atoms with van der Waals surface area (Å²) < 4.78 is 32.5. The van der Waals surface area contributed by atoms with E-state index >= 15 is 0 Å². The summed E-state index contributed by atoms with van der Waals surface area (Å²) in [4.78, 5) is 0.